The molecule has 3 N–H and O–H groups in total. The lowest BCUT2D eigenvalue weighted by Crippen LogP contribution is -2.29. The Morgan fingerprint density at radius 1 is 1.14 bits per heavy atom. The van der Waals surface area contributed by atoms with Crippen LogP contribution in [0, 0.1) is 0 Å². The number of primary amides is 1. The monoisotopic (exact) mass is 402 g/mol. The van der Waals surface area contributed by atoms with Crippen LogP contribution in [-0.4, -0.2) is 37.0 Å². The van der Waals surface area contributed by atoms with Crippen LogP contribution in [0.1, 0.15) is 33.2 Å². The summed E-state index contributed by atoms with van der Waals surface area (Å²) >= 11 is 1.13. The Labute approximate surface area is 164 Å². The number of nitrogens with two attached hydrogens (primary N) is 1. The van der Waals surface area contributed by atoms with Gasteiger partial charge in [0, 0.05) is 6.08 Å². The van der Waals surface area contributed by atoms with Gasteiger partial charge in [-0.1, -0.05) is 12.1 Å². The molecule has 146 valence electrons. The predicted molar refractivity (Wildman–Crippen MR) is 104 cm³/mol. The highest BCUT2D eigenvalue weighted by Crippen LogP contribution is 2.23. The van der Waals surface area contributed by atoms with Gasteiger partial charge in [0.2, 0.25) is 0 Å². The Morgan fingerprint density at radius 3 is 2.43 bits per heavy atom. The van der Waals surface area contributed by atoms with Crippen LogP contribution in [0.25, 0.3) is 6.08 Å². The molecule has 0 spiro atoms. The topological polar surface area (TPSA) is 125 Å². The molecule has 0 radical (unpaired) electrons. The average Bonchev–Trinajstić information content (AvgIpc) is 3.14. The third-order valence-electron chi connectivity index (χ3n) is 3.57. The summed E-state index contributed by atoms with van der Waals surface area (Å²) in [5.41, 5.74) is 6.45. The maximum Gasteiger partial charge on any atom is 0.337 e. The van der Waals surface area contributed by atoms with E-state index < -0.39 is 29.9 Å². The minimum atomic E-state index is -1.08. The molecule has 1 aromatic carbocycles. The molecule has 0 bridgehead atoms. The summed E-state index contributed by atoms with van der Waals surface area (Å²) in [6, 6.07) is 7.88. The number of carbonyl (C=O) groups excluding carboxylic acids is 4. The van der Waals surface area contributed by atoms with Crippen molar-refractivity contribution in [2.45, 2.75) is 13.0 Å². The number of benzene rings is 1. The van der Waals surface area contributed by atoms with Crippen LogP contribution in [-0.2, 0) is 19.1 Å². The standard InChI is InChI=1S/C19H18N2O6S/c1-11(17(24)21-18-14(16(20)23)9-10-28-18)27-15(22)8-5-12-3-6-13(7-4-12)19(25)26-2/h3-11H,1-2H3,(H2,20,23)(H,21,24)/b8-5+/t11-/m0/s1. The van der Waals surface area contributed by atoms with Crippen molar-refractivity contribution in [3.63, 3.8) is 0 Å². The Bertz CT molecular complexity index is 917. The van der Waals surface area contributed by atoms with E-state index in [1.54, 1.807) is 29.6 Å². The molecule has 2 aromatic rings. The predicted octanol–water partition coefficient (Wildman–Crippen LogP) is 2.22. The van der Waals surface area contributed by atoms with Gasteiger partial charge in [0.1, 0.15) is 5.00 Å². The number of rotatable bonds is 7. The van der Waals surface area contributed by atoms with Crippen LogP contribution in [0.2, 0.25) is 0 Å². The molecule has 9 heteroatoms. The Hall–Kier alpha value is -3.46. The normalized spacial score (nSPS) is 11.6. The van der Waals surface area contributed by atoms with Crippen molar-refractivity contribution < 1.29 is 28.7 Å². The van der Waals surface area contributed by atoms with Gasteiger partial charge in [-0.3, -0.25) is 9.59 Å². The number of hydrogen-bond donors (Lipinski definition) is 2. The summed E-state index contributed by atoms with van der Waals surface area (Å²) in [5, 5.41) is 4.41. The van der Waals surface area contributed by atoms with E-state index in [4.69, 9.17) is 10.5 Å². The van der Waals surface area contributed by atoms with Crippen LogP contribution in [0.15, 0.2) is 41.8 Å². The molecule has 0 saturated heterocycles. The van der Waals surface area contributed by atoms with Crippen LogP contribution in [0.4, 0.5) is 5.00 Å². The van der Waals surface area contributed by atoms with E-state index >= 15 is 0 Å². The number of hydrogen-bond acceptors (Lipinski definition) is 7. The van der Waals surface area contributed by atoms with Gasteiger partial charge in [-0.2, -0.15) is 0 Å². The van der Waals surface area contributed by atoms with Gasteiger partial charge in [0.15, 0.2) is 6.10 Å². The molecule has 0 aliphatic carbocycles. The number of thiophene rings is 1. The smallest absolute Gasteiger partial charge is 0.337 e. The van der Waals surface area contributed by atoms with E-state index in [1.165, 1.54) is 26.2 Å². The van der Waals surface area contributed by atoms with Gasteiger partial charge in [-0.05, 0) is 42.1 Å². The highest BCUT2D eigenvalue weighted by Gasteiger charge is 2.19. The molecular weight excluding hydrogens is 384 g/mol. The first-order valence-electron chi connectivity index (χ1n) is 8.07. The van der Waals surface area contributed by atoms with E-state index in [1.807, 2.05) is 0 Å². The fourth-order valence-corrected chi connectivity index (χ4v) is 2.89. The van der Waals surface area contributed by atoms with Crippen LogP contribution < -0.4 is 11.1 Å². The van der Waals surface area contributed by atoms with E-state index in [-0.39, 0.29) is 5.56 Å². The summed E-state index contributed by atoms with van der Waals surface area (Å²) in [6.45, 7) is 1.41. The molecule has 28 heavy (non-hydrogen) atoms. The minimum Gasteiger partial charge on any atom is -0.465 e. The number of nitrogens with one attached hydrogen (secondary N) is 1. The molecule has 2 rings (SSSR count). The second kappa shape index (κ2) is 9.47. The van der Waals surface area contributed by atoms with Crippen molar-refractivity contribution in [2.24, 2.45) is 5.73 Å². The summed E-state index contributed by atoms with van der Waals surface area (Å²) in [6.07, 6.45) is 1.57. The zero-order valence-corrected chi connectivity index (χ0v) is 15.9. The van der Waals surface area contributed by atoms with Crippen molar-refractivity contribution in [1.82, 2.24) is 0 Å². The molecule has 2 amide bonds. The van der Waals surface area contributed by atoms with Crippen molar-refractivity contribution in [2.75, 3.05) is 12.4 Å². The molecule has 1 atom stereocenters. The third-order valence-corrected chi connectivity index (χ3v) is 4.40. The highest BCUT2D eigenvalue weighted by atomic mass is 32.1. The highest BCUT2D eigenvalue weighted by molar-refractivity contribution is 7.14. The lowest BCUT2D eigenvalue weighted by atomic mass is 10.1. The molecule has 1 heterocycles. The van der Waals surface area contributed by atoms with Gasteiger partial charge in [0.25, 0.3) is 11.8 Å². The molecule has 0 fully saturated rings. The van der Waals surface area contributed by atoms with Crippen LogP contribution in [0.5, 0.6) is 0 Å². The molecule has 0 saturated carbocycles. The minimum absolute atomic E-state index is 0.187. The molecule has 1 aromatic heterocycles. The molecule has 8 nitrogen and oxygen atoms in total. The second-order valence-electron chi connectivity index (χ2n) is 5.54. The maximum absolute atomic E-state index is 12.1. The lowest BCUT2D eigenvalue weighted by molar-refractivity contribution is -0.148. The number of amides is 2. The molecule has 0 unspecified atom stereocenters. The summed E-state index contributed by atoms with van der Waals surface area (Å²) in [4.78, 5) is 46.7. The number of carbonyl (C=O) groups is 4. The first-order chi connectivity index (χ1) is 13.3. The first kappa shape index (κ1) is 20.8. The molecular formula is C19H18N2O6S. The SMILES string of the molecule is COC(=O)c1ccc(/C=C/C(=O)O[C@@H](C)C(=O)Nc2sccc2C(N)=O)cc1. The number of esters is 2. The van der Waals surface area contributed by atoms with Gasteiger partial charge in [0.05, 0.1) is 18.2 Å². The van der Waals surface area contributed by atoms with Gasteiger partial charge < -0.3 is 20.5 Å². The van der Waals surface area contributed by atoms with Gasteiger partial charge >= 0.3 is 11.9 Å². The molecule has 0 aliphatic rings. The zero-order chi connectivity index (χ0) is 20.7. The number of anilines is 1. The van der Waals surface area contributed by atoms with Gasteiger partial charge in [-0.15, -0.1) is 11.3 Å². The summed E-state index contributed by atoms with van der Waals surface area (Å²) < 4.78 is 9.64. The third kappa shape index (κ3) is 5.52. The number of methoxy groups -OCH3 is 1. The number of ether oxygens (including phenoxy) is 2. The molecule has 0 aliphatic heterocycles. The van der Waals surface area contributed by atoms with E-state index in [2.05, 4.69) is 10.1 Å². The quantitative estimate of drug-likeness (QED) is 0.540. The fraction of sp³-hybridized carbons (Fsp3) is 0.158. The first-order valence-corrected chi connectivity index (χ1v) is 8.95. The average molecular weight is 402 g/mol. The van der Waals surface area contributed by atoms with E-state index in [0.717, 1.165) is 17.4 Å². The van der Waals surface area contributed by atoms with Crippen molar-refractivity contribution in [1.29, 1.82) is 0 Å². The lowest BCUT2D eigenvalue weighted by Gasteiger charge is -2.12. The van der Waals surface area contributed by atoms with E-state index in [0.29, 0.717) is 16.1 Å². The second-order valence-corrected chi connectivity index (χ2v) is 6.46. The Morgan fingerprint density at radius 2 is 1.82 bits per heavy atom. The van der Waals surface area contributed by atoms with Crippen molar-refractivity contribution in [3.05, 3.63) is 58.5 Å². The van der Waals surface area contributed by atoms with Gasteiger partial charge in [-0.25, -0.2) is 9.59 Å². The summed E-state index contributed by atoms with van der Waals surface area (Å²) in [5.74, 6) is -2.43. The Kier molecular flexibility index (Phi) is 7.05. The fourth-order valence-electron chi connectivity index (χ4n) is 2.09. The van der Waals surface area contributed by atoms with Crippen molar-refractivity contribution >= 4 is 46.2 Å². The zero-order valence-electron chi connectivity index (χ0n) is 15.1. The Balaban J connectivity index is 1.91. The summed E-state index contributed by atoms with van der Waals surface area (Å²) in [7, 11) is 1.29. The maximum atomic E-state index is 12.1. The van der Waals surface area contributed by atoms with E-state index in [9.17, 15) is 19.2 Å². The van der Waals surface area contributed by atoms with Crippen LogP contribution in [0.3, 0.4) is 0 Å². The largest absolute Gasteiger partial charge is 0.465 e. The van der Waals surface area contributed by atoms with Crippen LogP contribution >= 0.6 is 11.3 Å². The van der Waals surface area contributed by atoms with Crippen molar-refractivity contribution in [3.8, 4) is 0 Å².